The molecule has 0 spiro atoms. The molecule has 90 valence electrons. The maximum atomic E-state index is 5.79. The maximum Gasteiger partial charge on any atom is 0.0519 e. The molecule has 1 rings (SSSR count). The van der Waals surface area contributed by atoms with Crippen LogP contribution in [0.3, 0.4) is 0 Å². The number of hydrogen-bond acceptors (Lipinski definition) is 1. The molecule has 0 saturated heterocycles. The molecule has 0 aliphatic heterocycles. The molecule has 1 aliphatic rings. The zero-order valence-electron chi connectivity index (χ0n) is 11.0. The molecule has 0 unspecified atom stereocenters. The van der Waals surface area contributed by atoms with Crippen LogP contribution in [-0.2, 0) is 4.74 Å². The molecule has 1 saturated carbocycles. The van der Waals surface area contributed by atoms with Crippen LogP contribution in [0.25, 0.3) is 0 Å². The molecular formula is C14H28O. The van der Waals surface area contributed by atoms with Crippen molar-refractivity contribution in [3.8, 4) is 0 Å². The van der Waals surface area contributed by atoms with E-state index in [1.807, 2.05) is 0 Å². The molecule has 2 atom stereocenters. The number of ether oxygens (including phenoxy) is 1. The number of hydrogen-bond donors (Lipinski definition) is 0. The maximum absolute atomic E-state index is 5.79. The predicted octanol–water partition coefficient (Wildman–Crippen LogP) is 4.26. The summed E-state index contributed by atoms with van der Waals surface area (Å²) in [5.74, 6) is 2.61. The van der Waals surface area contributed by atoms with Crippen molar-refractivity contribution < 1.29 is 4.74 Å². The highest BCUT2D eigenvalue weighted by molar-refractivity contribution is 4.76. The van der Waals surface area contributed by atoms with Gasteiger partial charge in [-0.1, -0.05) is 33.1 Å². The Kier molecular flexibility index (Phi) is 5.66. The van der Waals surface area contributed by atoms with Crippen molar-refractivity contribution in [3.63, 3.8) is 0 Å². The van der Waals surface area contributed by atoms with Crippen molar-refractivity contribution in [2.24, 2.45) is 17.8 Å². The van der Waals surface area contributed by atoms with Gasteiger partial charge in [-0.3, -0.25) is 0 Å². The van der Waals surface area contributed by atoms with Crippen LogP contribution < -0.4 is 0 Å². The standard InChI is InChI=1S/C14H28O/c1-11(2)9-13-7-5-6-8-14(13)10-15-12(3)4/h11-14H,5-10H2,1-4H3/t13-,14-/m1/s1. The first-order chi connectivity index (χ1) is 7.09. The Morgan fingerprint density at radius 3 is 2.13 bits per heavy atom. The van der Waals surface area contributed by atoms with E-state index in [9.17, 15) is 0 Å². The van der Waals surface area contributed by atoms with Crippen LogP contribution in [0.2, 0.25) is 0 Å². The van der Waals surface area contributed by atoms with Gasteiger partial charge in [-0.05, 0) is 44.4 Å². The zero-order chi connectivity index (χ0) is 11.3. The first kappa shape index (κ1) is 13.0. The quantitative estimate of drug-likeness (QED) is 0.661. The fourth-order valence-electron chi connectivity index (χ4n) is 2.74. The van der Waals surface area contributed by atoms with E-state index in [1.54, 1.807) is 0 Å². The summed E-state index contributed by atoms with van der Waals surface area (Å²) in [6.07, 6.45) is 7.48. The summed E-state index contributed by atoms with van der Waals surface area (Å²) < 4.78 is 5.79. The van der Waals surface area contributed by atoms with Crippen molar-refractivity contribution in [2.45, 2.75) is 65.9 Å². The lowest BCUT2D eigenvalue weighted by Crippen LogP contribution is -2.26. The lowest BCUT2D eigenvalue weighted by Gasteiger charge is -2.33. The van der Waals surface area contributed by atoms with E-state index >= 15 is 0 Å². The van der Waals surface area contributed by atoms with Gasteiger partial charge in [-0.15, -0.1) is 0 Å². The lowest BCUT2D eigenvalue weighted by molar-refractivity contribution is 0.0183. The minimum Gasteiger partial charge on any atom is -0.378 e. The second kappa shape index (κ2) is 6.52. The summed E-state index contributed by atoms with van der Waals surface area (Å²) in [7, 11) is 0. The molecule has 0 amide bonds. The third-order valence-corrected chi connectivity index (χ3v) is 3.48. The molecule has 0 heterocycles. The smallest absolute Gasteiger partial charge is 0.0519 e. The molecule has 1 aliphatic carbocycles. The van der Waals surface area contributed by atoms with Crippen molar-refractivity contribution in [1.82, 2.24) is 0 Å². The fourth-order valence-corrected chi connectivity index (χ4v) is 2.74. The van der Waals surface area contributed by atoms with E-state index in [0.717, 1.165) is 24.4 Å². The van der Waals surface area contributed by atoms with Gasteiger partial charge in [0.25, 0.3) is 0 Å². The number of rotatable bonds is 5. The second-order valence-corrected chi connectivity index (χ2v) is 5.82. The van der Waals surface area contributed by atoms with Crippen LogP contribution in [-0.4, -0.2) is 12.7 Å². The Hall–Kier alpha value is -0.0400. The zero-order valence-corrected chi connectivity index (χ0v) is 11.0. The molecule has 1 nitrogen and oxygen atoms in total. The van der Waals surface area contributed by atoms with E-state index in [1.165, 1.54) is 32.1 Å². The Balaban J connectivity index is 2.35. The van der Waals surface area contributed by atoms with Gasteiger partial charge < -0.3 is 4.74 Å². The molecule has 0 aromatic heterocycles. The normalized spacial score (nSPS) is 27.6. The molecule has 1 heteroatoms. The topological polar surface area (TPSA) is 9.23 Å². The van der Waals surface area contributed by atoms with Crippen molar-refractivity contribution in [3.05, 3.63) is 0 Å². The highest BCUT2D eigenvalue weighted by Crippen LogP contribution is 2.34. The van der Waals surface area contributed by atoms with Gasteiger partial charge in [0.05, 0.1) is 6.10 Å². The summed E-state index contributed by atoms with van der Waals surface area (Å²) >= 11 is 0. The van der Waals surface area contributed by atoms with Crippen LogP contribution in [0.1, 0.15) is 59.8 Å². The van der Waals surface area contributed by atoms with Crippen molar-refractivity contribution in [2.75, 3.05) is 6.61 Å². The van der Waals surface area contributed by atoms with E-state index < -0.39 is 0 Å². The summed E-state index contributed by atoms with van der Waals surface area (Å²) in [6.45, 7) is 9.96. The summed E-state index contributed by atoms with van der Waals surface area (Å²) in [6, 6.07) is 0. The monoisotopic (exact) mass is 212 g/mol. The molecule has 0 aromatic rings. The average Bonchev–Trinajstić information content (AvgIpc) is 2.15. The first-order valence-corrected chi connectivity index (χ1v) is 6.71. The Bertz CT molecular complexity index is 163. The van der Waals surface area contributed by atoms with Crippen LogP contribution in [0.15, 0.2) is 0 Å². The summed E-state index contributed by atoms with van der Waals surface area (Å²) in [4.78, 5) is 0. The Labute approximate surface area is 95.6 Å². The van der Waals surface area contributed by atoms with Gasteiger partial charge in [0.15, 0.2) is 0 Å². The summed E-state index contributed by atoms with van der Waals surface area (Å²) in [5, 5.41) is 0. The van der Waals surface area contributed by atoms with Crippen LogP contribution >= 0.6 is 0 Å². The summed E-state index contributed by atoms with van der Waals surface area (Å²) in [5.41, 5.74) is 0. The molecular weight excluding hydrogens is 184 g/mol. The third kappa shape index (κ3) is 5.01. The second-order valence-electron chi connectivity index (χ2n) is 5.82. The highest BCUT2D eigenvalue weighted by Gasteiger charge is 2.25. The van der Waals surface area contributed by atoms with Crippen molar-refractivity contribution >= 4 is 0 Å². The largest absolute Gasteiger partial charge is 0.378 e. The van der Waals surface area contributed by atoms with Gasteiger partial charge in [-0.25, -0.2) is 0 Å². The fraction of sp³-hybridized carbons (Fsp3) is 1.00. The van der Waals surface area contributed by atoms with Gasteiger partial charge in [0, 0.05) is 6.61 Å². The highest BCUT2D eigenvalue weighted by atomic mass is 16.5. The minimum absolute atomic E-state index is 0.395. The minimum atomic E-state index is 0.395. The molecule has 0 N–H and O–H groups in total. The van der Waals surface area contributed by atoms with Crippen LogP contribution in [0.4, 0.5) is 0 Å². The van der Waals surface area contributed by atoms with Crippen molar-refractivity contribution in [1.29, 1.82) is 0 Å². The van der Waals surface area contributed by atoms with E-state index in [-0.39, 0.29) is 0 Å². The molecule has 1 fully saturated rings. The molecule has 0 radical (unpaired) electrons. The van der Waals surface area contributed by atoms with E-state index in [0.29, 0.717) is 6.10 Å². The van der Waals surface area contributed by atoms with Gasteiger partial charge in [0.1, 0.15) is 0 Å². The first-order valence-electron chi connectivity index (χ1n) is 6.71. The van der Waals surface area contributed by atoms with E-state index in [4.69, 9.17) is 4.74 Å². The molecule has 15 heavy (non-hydrogen) atoms. The Morgan fingerprint density at radius 1 is 1.00 bits per heavy atom. The third-order valence-electron chi connectivity index (χ3n) is 3.48. The van der Waals surface area contributed by atoms with Crippen LogP contribution in [0.5, 0.6) is 0 Å². The van der Waals surface area contributed by atoms with Gasteiger partial charge >= 0.3 is 0 Å². The SMILES string of the molecule is CC(C)C[C@H]1CCCC[C@@H]1COC(C)C. The molecule has 0 aromatic carbocycles. The lowest BCUT2D eigenvalue weighted by atomic mass is 9.76. The molecule has 0 bridgehead atoms. The Morgan fingerprint density at radius 2 is 1.60 bits per heavy atom. The van der Waals surface area contributed by atoms with Gasteiger partial charge in [0.2, 0.25) is 0 Å². The van der Waals surface area contributed by atoms with Gasteiger partial charge in [-0.2, -0.15) is 0 Å². The van der Waals surface area contributed by atoms with E-state index in [2.05, 4.69) is 27.7 Å². The average molecular weight is 212 g/mol. The van der Waals surface area contributed by atoms with Crippen LogP contribution in [0, 0.1) is 17.8 Å². The predicted molar refractivity (Wildman–Crippen MR) is 66.0 cm³/mol.